The summed E-state index contributed by atoms with van der Waals surface area (Å²) < 4.78 is 16.4. The molecule has 0 radical (unpaired) electrons. The number of aromatic nitrogens is 2. The number of hydrogen-bond donors (Lipinski definition) is 1. The summed E-state index contributed by atoms with van der Waals surface area (Å²) in [6, 6.07) is 14.2. The summed E-state index contributed by atoms with van der Waals surface area (Å²) in [5.41, 5.74) is 3.26. The van der Waals surface area contributed by atoms with Crippen molar-refractivity contribution in [3.63, 3.8) is 0 Å². The van der Waals surface area contributed by atoms with Gasteiger partial charge in [0, 0.05) is 17.5 Å². The van der Waals surface area contributed by atoms with Gasteiger partial charge in [0.05, 0.1) is 32.8 Å². The highest BCUT2D eigenvalue weighted by atomic mass is 32.1. The maximum atomic E-state index is 5.53. The smallest absolute Gasteiger partial charge is 0.161 e. The van der Waals surface area contributed by atoms with E-state index in [-0.39, 0.29) is 6.04 Å². The number of thiophene rings is 1. The summed E-state index contributed by atoms with van der Waals surface area (Å²) in [5, 5.41) is 6.74. The van der Waals surface area contributed by atoms with Gasteiger partial charge in [-0.1, -0.05) is 18.2 Å². The van der Waals surface area contributed by atoms with Gasteiger partial charge in [-0.05, 0) is 56.4 Å². The molecular weight excluding hydrogens is 448 g/mol. The summed E-state index contributed by atoms with van der Waals surface area (Å²) in [6.07, 6.45) is 0. The molecule has 0 saturated carbocycles. The molecule has 178 valence electrons. The first-order valence-corrected chi connectivity index (χ1v) is 11.9. The topological polar surface area (TPSA) is 68.7 Å². The first-order chi connectivity index (χ1) is 16.4. The Balaban J connectivity index is 1.72. The molecule has 0 aliphatic rings. The maximum absolute atomic E-state index is 5.53. The fourth-order valence-electron chi connectivity index (χ4n) is 4.03. The quantitative estimate of drug-likeness (QED) is 0.345. The SMILES string of the molecule is COc1cccc(C(CNc2nc(C)nc3scc(-c4ccc(OC)c(OC)c4)c23)N(C)C)c1. The van der Waals surface area contributed by atoms with Crippen molar-refractivity contribution in [3.8, 4) is 28.4 Å². The van der Waals surface area contributed by atoms with Gasteiger partial charge in [0.2, 0.25) is 0 Å². The Labute approximate surface area is 204 Å². The van der Waals surface area contributed by atoms with Crippen molar-refractivity contribution in [1.29, 1.82) is 0 Å². The van der Waals surface area contributed by atoms with Gasteiger partial charge in [0.1, 0.15) is 22.2 Å². The molecule has 2 heterocycles. The summed E-state index contributed by atoms with van der Waals surface area (Å²) >= 11 is 1.61. The lowest BCUT2D eigenvalue weighted by Gasteiger charge is -2.26. The molecule has 0 amide bonds. The van der Waals surface area contributed by atoms with Crippen molar-refractivity contribution < 1.29 is 14.2 Å². The second kappa shape index (κ2) is 10.3. The highest BCUT2D eigenvalue weighted by molar-refractivity contribution is 7.17. The highest BCUT2D eigenvalue weighted by Gasteiger charge is 2.19. The molecule has 0 aliphatic heterocycles. The van der Waals surface area contributed by atoms with Crippen molar-refractivity contribution in [2.24, 2.45) is 0 Å². The van der Waals surface area contributed by atoms with Gasteiger partial charge in [-0.25, -0.2) is 9.97 Å². The van der Waals surface area contributed by atoms with Gasteiger partial charge < -0.3 is 24.4 Å². The molecule has 1 unspecified atom stereocenters. The van der Waals surface area contributed by atoms with Crippen LogP contribution in [0.5, 0.6) is 17.2 Å². The van der Waals surface area contributed by atoms with Crippen LogP contribution < -0.4 is 19.5 Å². The first kappa shape index (κ1) is 23.8. The average Bonchev–Trinajstić information content (AvgIpc) is 3.27. The van der Waals surface area contributed by atoms with E-state index < -0.39 is 0 Å². The van der Waals surface area contributed by atoms with Crippen molar-refractivity contribution in [2.45, 2.75) is 13.0 Å². The Morgan fingerprint density at radius 1 is 0.971 bits per heavy atom. The van der Waals surface area contributed by atoms with Crippen LogP contribution in [0.4, 0.5) is 5.82 Å². The van der Waals surface area contributed by atoms with Crippen molar-refractivity contribution in [1.82, 2.24) is 14.9 Å². The lowest BCUT2D eigenvalue weighted by Crippen LogP contribution is -2.27. The molecule has 0 spiro atoms. The zero-order valence-corrected chi connectivity index (χ0v) is 21.2. The fourth-order valence-corrected chi connectivity index (χ4v) is 5.03. The van der Waals surface area contributed by atoms with E-state index in [0.717, 1.165) is 38.7 Å². The second-order valence-corrected chi connectivity index (χ2v) is 9.01. The molecule has 2 aromatic carbocycles. The van der Waals surface area contributed by atoms with E-state index >= 15 is 0 Å². The molecular formula is C26H30N4O3S. The minimum absolute atomic E-state index is 0.128. The van der Waals surface area contributed by atoms with Gasteiger partial charge in [0.15, 0.2) is 11.5 Å². The van der Waals surface area contributed by atoms with E-state index in [1.807, 2.05) is 37.3 Å². The Bertz CT molecular complexity index is 1290. The van der Waals surface area contributed by atoms with Crippen LogP contribution in [0.3, 0.4) is 0 Å². The molecule has 0 saturated heterocycles. The third kappa shape index (κ3) is 4.78. The number of nitrogens with one attached hydrogen (secondary N) is 1. The molecule has 7 nitrogen and oxygen atoms in total. The number of aryl methyl sites for hydroxylation is 1. The predicted octanol–water partition coefficient (Wildman–Crippen LogP) is 5.41. The zero-order chi connectivity index (χ0) is 24.2. The number of fused-ring (bicyclic) bond motifs is 1. The average molecular weight is 479 g/mol. The maximum Gasteiger partial charge on any atom is 0.161 e. The lowest BCUT2D eigenvalue weighted by atomic mass is 10.0. The Hall–Kier alpha value is -3.36. The van der Waals surface area contributed by atoms with E-state index in [2.05, 4.69) is 46.8 Å². The van der Waals surface area contributed by atoms with Crippen LogP contribution in [-0.4, -0.2) is 56.8 Å². The number of ether oxygens (including phenoxy) is 3. The van der Waals surface area contributed by atoms with Crippen LogP contribution in [-0.2, 0) is 0 Å². The van der Waals surface area contributed by atoms with Crippen LogP contribution in [0.15, 0.2) is 47.8 Å². The van der Waals surface area contributed by atoms with Crippen molar-refractivity contribution >= 4 is 27.4 Å². The van der Waals surface area contributed by atoms with E-state index in [1.165, 1.54) is 5.56 Å². The molecule has 0 bridgehead atoms. The Morgan fingerprint density at radius 3 is 2.47 bits per heavy atom. The monoisotopic (exact) mass is 478 g/mol. The summed E-state index contributed by atoms with van der Waals surface area (Å²) in [7, 11) is 9.12. The van der Waals surface area contributed by atoms with Gasteiger partial charge in [-0.3, -0.25) is 0 Å². The molecule has 4 aromatic rings. The van der Waals surface area contributed by atoms with Crippen LogP contribution in [0.25, 0.3) is 21.3 Å². The van der Waals surface area contributed by atoms with Crippen molar-refractivity contribution in [2.75, 3.05) is 47.3 Å². The number of nitrogens with zero attached hydrogens (tertiary/aromatic N) is 3. The Morgan fingerprint density at radius 2 is 1.76 bits per heavy atom. The molecule has 1 N–H and O–H groups in total. The summed E-state index contributed by atoms with van der Waals surface area (Å²) in [5.74, 6) is 3.79. The molecule has 2 aromatic heterocycles. The fraction of sp³-hybridized carbons (Fsp3) is 0.308. The van der Waals surface area contributed by atoms with Crippen molar-refractivity contribution in [3.05, 3.63) is 59.2 Å². The molecule has 0 fully saturated rings. The first-order valence-electron chi connectivity index (χ1n) is 11.0. The Kier molecular flexibility index (Phi) is 7.19. The number of rotatable bonds is 9. The number of benzene rings is 2. The third-order valence-corrected chi connectivity index (χ3v) is 6.68. The molecule has 1 atom stereocenters. The van der Waals surface area contributed by atoms with E-state index in [9.17, 15) is 0 Å². The summed E-state index contributed by atoms with van der Waals surface area (Å²) in [6.45, 7) is 2.60. The molecule has 8 heteroatoms. The predicted molar refractivity (Wildman–Crippen MR) is 139 cm³/mol. The van der Waals surface area contributed by atoms with Crippen LogP contribution in [0.1, 0.15) is 17.4 Å². The molecule has 0 aliphatic carbocycles. The molecule has 34 heavy (non-hydrogen) atoms. The summed E-state index contributed by atoms with van der Waals surface area (Å²) in [4.78, 5) is 12.6. The highest BCUT2D eigenvalue weighted by Crippen LogP contribution is 2.40. The lowest BCUT2D eigenvalue weighted by molar-refractivity contribution is 0.310. The largest absolute Gasteiger partial charge is 0.497 e. The van der Waals surface area contributed by atoms with Gasteiger partial charge in [-0.15, -0.1) is 11.3 Å². The third-order valence-electron chi connectivity index (χ3n) is 5.80. The van der Waals surface area contributed by atoms with Gasteiger partial charge in [-0.2, -0.15) is 0 Å². The molecule has 4 rings (SSSR count). The van der Waals surface area contributed by atoms with Crippen LogP contribution in [0, 0.1) is 6.92 Å². The van der Waals surface area contributed by atoms with E-state index in [1.54, 1.807) is 32.7 Å². The normalized spacial score (nSPS) is 12.1. The minimum atomic E-state index is 0.128. The van der Waals surface area contributed by atoms with E-state index in [4.69, 9.17) is 19.2 Å². The number of hydrogen-bond acceptors (Lipinski definition) is 8. The second-order valence-electron chi connectivity index (χ2n) is 8.16. The standard InChI is InChI=1S/C26H30N4O3S/c1-16-28-25(27-14-21(30(2)3)18-8-7-9-19(12-18)31-4)24-20(15-34-26(24)29-16)17-10-11-22(32-5)23(13-17)33-6/h7-13,15,21H,14H2,1-6H3,(H,27,28,29). The zero-order valence-electron chi connectivity index (χ0n) is 20.4. The van der Waals surface area contributed by atoms with Gasteiger partial charge in [0.25, 0.3) is 0 Å². The number of anilines is 1. The van der Waals surface area contributed by atoms with E-state index in [0.29, 0.717) is 18.0 Å². The number of likely N-dealkylation sites (N-methyl/N-ethyl adjacent to an activating group) is 1. The number of methoxy groups -OCH3 is 3. The van der Waals surface area contributed by atoms with Crippen LogP contribution in [0.2, 0.25) is 0 Å². The minimum Gasteiger partial charge on any atom is -0.497 e. The van der Waals surface area contributed by atoms with Crippen LogP contribution >= 0.6 is 11.3 Å². The van der Waals surface area contributed by atoms with Gasteiger partial charge >= 0.3 is 0 Å².